The molecular weight excluding hydrogens is 442 g/mol. The van der Waals surface area contributed by atoms with Crippen molar-refractivity contribution in [3.05, 3.63) is 30.1 Å². The highest BCUT2D eigenvalue weighted by Crippen LogP contribution is 2.44. The monoisotopic (exact) mass is 471 g/mol. The third-order valence-electron chi connectivity index (χ3n) is 7.08. The molecule has 3 fully saturated rings. The third-order valence-corrected chi connectivity index (χ3v) is 7.08. The Hall–Kier alpha value is -2.36. The smallest absolute Gasteiger partial charge is 0.397 e. The molecule has 0 aliphatic carbocycles. The van der Waals surface area contributed by atoms with Crippen LogP contribution in [0.2, 0.25) is 0 Å². The fourth-order valence-corrected chi connectivity index (χ4v) is 5.08. The van der Waals surface area contributed by atoms with Crippen LogP contribution in [0.1, 0.15) is 32.1 Å². The maximum absolute atomic E-state index is 13.1. The summed E-state index contributed by atoms with van der Waals surface area (Å²) in [6.45, 7) is 4.49. The van der Waals surface area contributed by atoms with Gasteiger partial charge in [-0.05, 0) is 43.5 Å². The van der Waals surface area contributed by atoms with Crippen LogP contribution in [0.3, 0.4) is 0 Å². The first-order chi connectivity index (χ1) is 15.6. The average Bonchev–Trinajstić information content (AvgIpc) is 3.07. The molecule has 182 valence electrons. The maximum Gasteiger partial charge on any atom is 0.397 e. The van der Waals surface area contributed by atoms with E-state index in [-0.39, 0.29) is 31.0 Å². The molecule has 4 rings (SSSR count). The Labute approximate surface area is 190 Å². The fraction of sp³-hybridized carbons (Fsp3) is 0.652. The molecular formula is C23H29F4N3O3. The molecule has 0 N–H and O–H groups in total. The second-order valence-corrected chi connectivity index (χ2v) is 9.28. The topological polar surface area (TPSA) is 53.1 Å². The minimum Gasteiger partial charge on any atom is -0.462 e. The molecule has 0 radical (unpaired) electrons. The third kappa shape index (κ3) is 5.77. The summed E-state index contributed by atoms with van der Waals surface area (Å²) in [6.07, 6.45) is -4.21. The standard InChI is InChI=1S/C23H29F4N3O3/c24-17-1-3-18(4-2-17)29-13-11-28(12-14-29)8-5-19-15-22(21(32)33-19)6-9-30(10-7-22)20(31)16-23(25,26)27/h1-4,19H,5-16H2/t19-/m0/s1. The molecule has 1 aromatic carbocycles. The van der Waals surface area contributed by atoms with Crippen molar-refractivity contribution >= 4 is 17.6 Å². The van der Waals surface area contributed by atoms with E-state index in [0.717, 1.165) is 38.4 Å². The number of anilines is 1. The number of hydrogen-bond donors (Lipinski definition) is 0. The molecule has 0 unspecified atom stereocenters. The summed E-state index contributed by atoms with van der Waals surface area (Å²) < 4.78 is 56.2. The van der Waals surface area contributed by atoms with E-state index in [9.17, 15) is 27.2 Å². The van der Waals surface area contributed by atoms with Gasteiger partial charge in [0.25, 0.3) is 0 Å². The number of esters is 1. The second kappa shape index (κ2) is 9.48. The summed E-state index contributed by atoms with van der Waals surface area (Å²) in [5, 5.41) is 0. The van der Waals surface area contributed by atoms with Gasteiger partial charge in [-0.1, -0.05) is 0 Å². The van der Waals surface area contributed by atoms with Crippen molar-refractivity contribution in [3.63, 3.8) is 0 Å². The minimum atomic E-state index is -4.52. The quantitative estimate of drug-likeness (QED) is 0.488. The molecule has 1 aromatic rings. The summed E-state index contributed by atoms with van der Waals surface area (Å²) >= 11 is 0. The van der Waals surface area contributed by atoms with E-state index in [2.05, 4.69) is 9.80 Å². The van der Waals surface area contributed by atoms with Gasteiger partial charge in [0.05, 0.1) is 5.41 Å². The number of benzene rings is 1. The van der Waals surface area contributed by atoms with E-state index >= 15 is 0 Å². The van der Waals surface area contributed by atoms with Gasteiger partial charge in [-0.2, -0.15) is 13.2 Å². The molecule has 0 aromatic heterocycles. The summed E-state index contributed by atoms with van der Waals surface area (Å²) in [6, 6.07) is 6.49. The molecule has 1 amide bonds. The van der Waals surface area contributed by atoms with Crippen LogP contribution in [0.5, 0.6) is 0 Å². The van der Waals surface area contributed by atoms with Crippen LogP contribution >= 0.6 is 0 Å². The van der Waals surface area contributed by atoms with Gasteiger partial charge in [0.1, 0.15) is 18.3 Å². The Kier molecular flexibility index (Phi) is 6.83. The highest BCUT2D eigenvalue weighted by Gasteiger charge is 2.51. The number of piperazine rings is 1. The number of piperidine rings is 1. The zero-order chi connectivity index (χ0) is 23.6. The van der Waals surface area contributed by atoms with Gasteiger partial charge in [0.2, 0.25) is 5.91 Å². The van der Waals surface area contributed by atoms with E-state index in [1.54, 1.807) is 12.1 Å². The normalized spacial score (nSPS) is 23.8. The number of rotatable bonds is 5. The van der Waals surface area contributed by atoms with E-state index in [1.165, 1.54) is 17.0 Å². The lowest BCUT2D eigenvalue weighted by Crippen LogP contribution is -2.47. The molecule has 0 bridgehead atoms. The zero-order valence-electron chi connectivity index (χ0n) is 18.5. The second-order valence-electron chi connectivity index (χ2n) is 9.28. The first-order valence-electron chi connectivity index (χ1n) is 11.4. The van der Waals surface area contributed by atoms with Crippen LogP contribution in [-0.2, 0) is 14.3 Å². The van der Waals surface area contributed by atoms with Gasteiger partial charge in [0, 0.05) is 57.9 Å². The largest absolute Gasteiger partial charge is 0.462 e. The van der Waals surface area contributed by atoms with Gasteiger partial charge in [-0.25, -0.2) is 4.39 Å². The van der Waals surface area contributed by atoms with Crippen molar-refractivity contribution in [1.29, 1.82) is 0 Å². The summed E-state index contributed by atoms with van der Waals surface area (Å²) in [5.74, 6) is -1.46. The van der Waals surface area contributed by atoms with E-state index in [1.807, 2.05) is 0 Å². The van der Waals surface area contributed by atoms with Crippen molar-refractivity contribution in [2.24, 2.45) is 5.41 Å². The van der Waals surface area contributed by atoms with Crippen molar-refractivity contribution in [2.75, 3.05) is 50.7 Å². The summed E-state index contributed by atoms with van der Waals surface area (Å²) in [5.41, 5.74) is 0.323. The molecule has 0 saturated carbocycles. The van der Waals surface area contributed by atoms with Crippen LogP contribution in [-0.4, -0.2) is 79.8 Å². The van der Waals surface area contributed by atoms with Crippen molar-refractivity contribution in [2.45, 2.75) is 44.4 Å². The van der Waals surface area contributed by atoms with Crippen LogP contribution in [0.25, 0.3) is 0 Å². The number of cyclic esters (lactones) is 1. The zero-order valence-corrected chi connectivity index (χ0v) is 18.5. The molecule has 1 atom stereocenters. The van der Waals surface area contributed by atoms with Gasteiger partial charge in [0.15, 0.2) is 0 Å². The fourth-order valence-electron chi connectivity index (χ4n) is 5.08. The molecule has 10 heteroatoms. The number of nitrogens with zero attached hydrogens (tertiary/aromatic N) is 3. The Bertz CT molecular complexity index is 846. The predicted molar refractivity (Wildman–Crippen MR) is 113 cm³/mol. The molecule has 1 spiro atoms. The van der Waals surface area contributed by atoms with Crippen LogP contribution in [0.4, 0.5) is 23.2 Å². The highest BCUT2D eigenvalue weighted by atomic mass is 19.4. The lowest BCUT2D eigenvalue weighted by molar-refractivity contribution is -0.165. The average molecular weight is 471 g/mol. The van der Waals surface area contributed by atoms with Crippen molar-refractivity contribution in [3.8, 4) is 0 Å². The Morgan fingerprint density at radius 2 is 1.67 bits per heavy atom. The van der Waals surface area contributed by atoms with Crippen LogP contribution in [0.15, 0.2) is 24.3 Å². The number of hydrogen-bond acceptors (Lipinski definition) is 5. The van der Waals surface area contributed by atoms with Gasteiger partial charge < -0.3 is 14.5 Å². The first kappa shape index (κ1) is 23.8. The minimum absolute atomic E-state index is 0.155. The van der Waals surface area contributed by atoms with Gasteiger partial charge in [-0.15, -0.1) is 0 Å². The van der Waals surface area contributed by atoms with Crippen LogP contribution in [0, 0.1) is 11.2 Å². The number of amides is 1. The lowest BCUT2D eigenvalue weighted by atomic mass is 9.75. The van der Waals surface area contributed by atoms with E-state index in [4.69, 9.17) is 4.74 Å². The van der Waals surface area contributed by atoms with Crippen molar-refractivity contribution in [1.82, 2.24) is 9.80 Å². The number of ether oxygens (including phenoxy) is 1. The Morgan fingerprint density at radius 3 is 2.27 bits per heavy atom. The molecule has 3 aliphatic heterocycles. The number of alkyl halides is 3. The Balaban J connectivity index is 1.20. The van der Waals surface area contributed by atoms with Crippen LogP contribution < -0.4 is 4.90 Å². The van der Waals surface area contributed by atoms with Crippen molar-refractivity contribution < 1.29 is 31.9 Å². The maximum atomic E-state index is 13.1. The number of likely N-dealkylation sites (tertiary alicyclic amines) is 1. The molecule has 3 aliphatic rings. The molecule has 3 saturated heterocycles. The van der Waals surface area contributed by atoms with E-state index in [0.29, 0.717) is 25.7 Å². The number of carbonyl (C=O) groups excluding carboxylic acids is 2. The number of carbonyl (C=O) groups is 2. The van der Waals surface area contributed by atoms with Gasteiger partial charge in [-0.3, -0.25) is 14.5 Å². The summed E-state index contributed by atoms with van der Waals surface area (Å²) in [4.78, 5) is 30.2. The lowest BCUT2D eigenvalue weighted by Gasteiger charge is -2.37. The number of halogens is 4. The SMILES string of the molecule is O=C(CC(F)(F)F)N1CCC2(CC1)C[C@H](CCN1CCN(c3ccc(F)cc3)CC1)OC2=O. The molecule has 3 heterocycles. The molecule has 33 heavy (non-hydrogen) atoms. The van der Waals surface area contributed by atoms with E-state index < -0.39 is 23.9 Å². The molecule has 6 nitrogen and oxygen atoms in total. The predicted octanol–water partition coefficient (Wildman–Crippen LogP) is 3.21. The van der Waals surface area contributed by atoms with Gasteiger partial charge >= 0.3 is 12.1 Å². The Morgan fingerprint density at radius 1 is 1.03 bits per heavy atom. The highest BCUT2D eigenvalue weighted by molar-refractivity contribution is 5.81. The summed E-state index contributed by atoms with van der Waals surface area (Å²) in [7, 11) is 0. The first-order valence-corrected chi connectivity index (χ1v) is 11.4.